The molecule has 1 aromatic carbocycles. The summed E-state index contributed by atoms with van der Waals surface area (Å²) < 4.78 is 1.94. The number of hydrogen-bond donors (Lipinski definition) is 1. The number of carbonyl (C=O) groups excluding carboxylic acids is 1. The van der Waals surface area contributed by atoms with Gasteiger partial charge < -0.3 is 14.6 Å². The smallest absolute Gasteiger partial charge is 0.339 e. The van der Waals surface area contributed by atoms with E-state index in [1.807, 2.05) is 52.4 Å². The number of fused-ring (bicyclic) bond motifs is 1. The summed E-state index contributed by atoms with van der Waals surface area (Å²) in [5, 5.41) is 11.9. The van der Waals surface area contributed by atoms with E-state index < -0.39 is 5.97 Å². The van der Waals surface area contributed by atoms with Gasteiger partial charge in [-0.3, -0.25) is 4.79 Å². The van der Waals surface area contributed by atoms with E-state index in [0.29, 0.717) is 30.9 Å². The summed E-state index contributed by atoms with van der Waals surface area (Å²) in [5.41, 5.74) is 2.24. The summed E-state index contributed by atoms with van der Waals surface area (Å²) in [6, 6.07) is 13.4. The topological polar surface area (TPSA) is 62.5 Å². The van der Waals surface area contributed by atoms with Crippen molar-refractivity contribution in [2.45, 2.75) is 19.5 Å². The van der Waals surface area contributed by atoms with E-state index in [0.717, 1.165) is 10.4 Å². The first-order chi connectivity index (χ1) is 13.1. The Morgan fingerprint density at radius 3 is 2.56 bits per heavy atom. The first-order valence-electron chi connectivity index (χ1n) is 8.56. The summed E-state index contributed by atoms with van der Waals surface area (Å²) in [6.07, 6.45) is 0.333. The maximum absolute atomic E-state index is 12.7. The zero-order valence-electron chi connectivity index (χ0n) is 14.4. The summed E-state index contributed by atoms with van der Waals surface area (Å²) >= 11 is 8.03. The number of carboxylic acids is 1. The maximum Gasteiger partial charge on any atom is 0.339 e. The van der Waals surface area contributed by atoms with E-state index in [1.54, 1.807) is 16.2 Å². The van der Waals surface area contributed by atoms with Gasteiger partial charge in [-0.2, -0.15) is 0 Å². The summed E-state index contributed by atoms with van der Waals surface area (Å²) in [7, 11) is 0. The van der Waals surface area contributed by atoms with Crippen molar-refractivity contribution in [1.82, 2.24) is 9.47 Å². The molecule has 0 spiro atoms. The average Bonchev–Trinajstić information content (AvgIpc) is 3.26. The molecule has 0 unspecified atom stereocenters. The Morgan fingerprint density at radius 1 is 1.11 bits per heavy atom. The lowest BCUT2D eigenvalue weighted by molar-refractivity contribution is -0.131. The molecule has 2 aromatic heterocycles. The van der Waals surface area contributed by atoms with Gasteiger partial charge in [0.05, 0.1) is 29.4 Å². The van der Waals surface area contributed by atoms with Gasteiger partial charge in [0.15, 0.2) is 0 Å². The third-order valence-corrected chi connectivity index (χ3v) is 6.01. The van der Waals surface area contributed by atoms with Crippen molar-refractivity contribution < 1.29 is 14.7 Å². The van der Waals surface area contributed by atoms with Crippen molar-refractivity contribution >= 4 is 34.8 Å². The Labute approximate surface area is 165 Å². The fourth-order valence-electron chi connectivity index (χ4n) is 3.51. The van der Waals surface area contributed by atoms with Gasteiger partial charge in [-0.15, -0.1) is 11.3 Å². The van der Waals surface area contributed by atoms with Crippen molar-refractivity contribution in [3.05, 3.63) is 69.0 Å². The lowest BCUT2D eigenvalue weighted by Crippen LogP contribution is -2.39. The molecular weight excluding hydrogens is 384 g/mol. The van der Waals surface area contributed by atoms with Gasteiger partial charge in [0.1, 0.15) is 5.56 Å². The molecule has 138 valence electrons. The zero-order chi connectivity index (χ0) is 19.0. The molecule has 0 radical (unpaired) electrons. The van der Waals surface area contributed by atoms with Crippen molar-refractivity contribution in [3.63, 3.8) is 0 Å². The molecule has 7 heteroatoms. The van der Waals surface area contributed by atoms with Crippen LogP contribution in [-0.2, 0) is 24.3 Å². The molecule has 3 heterocycles. The lowest BCUT2D eigenvalue weighted by atomic mass is 10.1. The minimum atomic E-state index is -1.07. The molecule has 1 amide bonds. The van der Waals surface area contributed by atoms with Crippen LogP contribution in [0.25, 0.3) is 11.3 Å². The molecule has 5 nitrogen and oxygen atoms in total. The Kier molecular flexibility index (Phi) is 4.76. The van der Waals surface area contributed by atoms with Gasteiger partial charge in [0, 0.05) is 18.0 Å². The number of benzene rings is 1. The van der Waals surface area contributed by atoms with Gasteiger partial charge in [-0.1, -0.05) is 48.0 Å². The number of aromatic carboxylic acids is 1. The number of aromatic nitrogens is 1. The Hall–Kier alpha value is -2.57. The molecular formula is C20H17ClN2O3S. The number of amides is 1. The number of hydrogen-bond acceptors (Lipinski definition) is 3. The number of rotatable bonds is 4. The molecule has 3 aromatic rings. The third kappa shape index (κ3) is 3.26. The van der Waals surface area contributed by atoms with Gasteiger partial charge in [0.25, 0.3) is 0 Å². The van der Waals surface area contributed by atoms with E-state index in [-0.39, 0.29) is 23.0 Å². The van der Waals surface area contributed by atoms with Gasteiger partial charge in [-0.25, -0.2) is 4.79 Å². The first kappa shape index (κ1) is 17.8. The molecule has 1 N–H and O–H groups in total. The fraction of sp³-hybridized carbons (Fsp3) is 0.200. The normalized spacial score (nSPS) is 13.4. The highest BCUT2D eigenvalue weighted by atomic mass is 35.5. The van der Waals surface area contributed by atoms with E-state index in [1.165, 1.54) is 0 Å². The number of halogens is 1. The van der Waals surface area contributed by atoms with Crippen LogP contribution < -0.4 is 0 Å². The molecule has 27 heavy (non-hydrogen) atoms. The Bertz CT molecular complexity index is 996. The van der Waals surface area contributed by atoms with Gasteiger partial charge in [0.2, 0.25) is 5.91 Å². The first-order valence-corrected chi connectivity index (χ1v) is 9.81. The van der Waals surface area contributed by atoms with Crippen LogP contribution in [0.1, 0.15) is 20.9 Å². The van der Waals surface area contributed by atoms with Crippen LogP contribution in [0, 0.1) is 0 Å². The predicted octanol–water partition coefficient (Wildman–Crippen LogP) is 4.15. The maximum atomic E-state index is 12.7. The molecule has 4 rings (SSSR count). The third-order valence-electron chi connectivity index (χ3n) is 4.77. The van der Waals surface area contributed by atoms with Crippen LogP contribution in [0.5, 0.6) is 0 Å². The molecule has 0 fully saturated rings. The van der Waals surface area contributed by atoms with Gasteiger partial charge >= 0.3 is 5.97 Å². The van der Waals surface area contributed by atoms with Crippen LogP contribution >= 0.6 is 22.9 Å². The molecule has 0 bridgehead atoms. The summed E-state index contributed by atoms with van der Waals surface area (Å²) in [5.74, 6) is -1.07. The van der Waals surface area contributed by atoms with Crippen LogP contribution in [0.2, 0.25) is 5.02 Å². The highest BCUT2D eigenvalue weighted by Gasteiger charge is 2.32. The molecule has 1 aliphatic heterocycles. The average molecular weight is 401 g/mol. The summed E-state index contributed by atoms with van der Waals surface area (Å²) in [4.78, 5) is 27.2. The second kappa shape index (κ2) is 7.21. The van der Waals surface area contributed by atoms with Crippen LogP contribution in [-0.4, -0.2) is 33.0 Å². The van der Waals surface area contributed by atoms with Crippen LogP contribution in [0.15, 0.2) is 47.8 Å². The number of carboxylic acid groups (broad SMARTS) is 1. The van der Waals surface area contributed by atoms with E-state index in [4.69, 9.17) is 11.6 Å². The minimum Gasteiger partial charge on any atom is -0.478 e. The lowest BCUT2D eigenvalue weighted by Gasteiger charge is -2.30. The van der Waals surface area contributed by atoms with Crippen LogP contribution in [0.4, 0.5) is 0 Å². The molecule has 0 atom stereocenters. The second-order valence-corrected chi connectivity index (χ2v) is 7.79. The molecule has 0 saturated carbocycles. The van der Waals surface area contributed by atoms with E-state index in [9.17, 15) is 14.7 Å². The Morgan fingerprint density at radius 2 is 1.89 bits per heavy atom. The van der Waals surface area contributed by atoms with Crippen molar-refractivity contribution in [1.29, 1.82) is 0 Å². The predicted molar refractivity (Wildman–Crippen MR) is 105 cm³/mol. The van der Waals surface area contributed by atoms with Crippen molar-refractivity contribution in [2.24, 2.45) is 0 Å². The SMILES string of the molecule is O=C(O)c1c(Cl)c(-c2ccccc2)n2c1CN(C(=O)Cc1cccs1)CC2. The van der Waals surface area contributed by atoms with Gasteiger partial charge in [-0.05, 0) is 17.0 Å². The van der Waals surface area contributed by atoms with E-state index >= 15 is 0 Å². The Balaban J connectivity index is 1.70. The molecule has 1 aliphatic rings. The van der Waals surface area contributed by atoms with E-state index in [2.05, 4.69) is 0 Å². The monoisotopic (exact) mass is 400 g/mol. The minimum absolute atomic E-state index is 0.00128. The quantitative estimate of drug-likeness (QED) is 0.715. The molecule has 0 aliphatic carbocycles. The highest BCUT2D eigenvalue weighted by Crippen LogP contribution is 2.38. The number of nitrogens with zero attached hydrogens (tertiary/aromatic N) is 2. The standard InChI is InChI=1S/C20H17ClN2O3S/c21-18-17(20(25)26)15-12-22(16(24)11-14-7-4-10-27-14)8-9-23(15)19(18)13-5-2-1-3-6-13/h1-7,10H,8-9,11-12H2,(H,25,26). The number of thiophene rings is 1. The summed E-state index contributed by atoms with van der Waals surface area (Å²) in [6.45, 7) is 1.29. The van der Waals surface area contributed by atoms with Crippen LogP contribution in [0.3, 0.4) is 0 Å². The van der Waals surface area contributed by atoms with Crippen molar-refractivity contribution in [2.75, 3.05) is 6.54 Å². The molecule has 0 saturated heterocycles. The fourth-order valence-corrected chi connectivity index (χ4v) is 4.60. The highest BCUT2D eigenvalue weighted by molar-refractivity contribution is 7.10. The zero-order valence-corrected chi connectivity index (χ0v) is 16.0. The van der Waals surface area contributed by atoms with Crippen molar-refractivity contribution in [3.8, 4) is 11.3 Å². The number of carbonyl (C=O) groups is 2. The largest absolute Gasteiger partial charge is 0.478 e. The second-order valence-electron chi connectivity index (χ2n) is 6.38.